The number of hydrogen-bond donors (Lipinski definition) is 1. The van der Waals surface area contributed by atoms with Gasteiger partial charge in [0.05, 0.1) is 11.6 Å². The molecule has 1 aromatic heterocycles. The van der Waals surface area contributed by atoms with E-state index in [0.29, 0.717) is 15.6 Å². The lowest BCUT2D eigenvalue weighted by molar-refractivity contribution is -0.132. The normalized spacial score (nSPS) is 18.4. The van der Waals surface area contributed by atoms with Gasteiger partial charge in [-0.15, -0.1) is 10.2 Å². The molecule has 1 saturated heterocycles. The van der Waals surface area contributed by atoms with Gasteiger partial charge in [-0.05, 0) is 48.9 Å². The molecule has 2 heterocycles. The predicted molar refractivity (Wildman–Crippen MR) is 107 cm³/mol. The van der Waals surface area contributed by atoms with E-state index in [1.807, 2.05) is 0 Å². The molecule has 9 heteroatoms. The van der Waals surface area contributed by atoms with Gasteiger partial charge in [-0.3, -0.25) is 14.5 Å². The van der Waals surface area contributed by atoms with Gasteiger partial charge in [0, 0.05) is 10.6 Å². The molecule has 0 radical (unpaired) electrons. The number of anilines is 1. The van der Waals surface area contributed by atoms with Gasteiger partial charge >= 0.3 is 5.91 Å². The van der Waals surface area contributed by atoms with Crippen molar-refractivity contribution in [3.63, 3.8) is 0 Å². The fraction of sp³-hybridized carbons (Fsp3) is 0.100. The standard InChI is InChI=1S/C20H13ClFN3O3S/c1-10-23-24-20(29-10)25-16(11-2-6-13(21)7-3-11)15(18(27)19(25)28)17(26)12-4-8-14(22)9-5-12/h2-9,16,26H,1H3/t16-/m1/s1. The number of aliphatic hydroxyl groups is 1. The molecule has 1 fully saturated rings. The van der Waals surface area contributed by atoms with Crippen molar-refractivity contribution in [2.45, 2.75) is 13.0 Å². The van der Waals surface area contributed by atoms with Gasteiger partial charge in [-0.2, -0.15) is 0 Å². The van der Waals surface area contributed by atoms with Crippen LogP contribution >= 0.6 is 22.9 Å². The smallest absolute Gasteiger partial charge is 0.301 e. The highest BCUT2D eigenvalue weighted by Gasteiger charge is 2.48. The third-order valence-corrected chi connectivity index (χ3v) is 5.56. The van der Waals surface area contributed by atoms with Gasteiger partial charge in [-0.1, -0.05) is 35.1 Å². The number of benzene rings is 2. The molecular formula is C20H13ClFN3O3S. The minimum Gasteiger partial charge on any atom is -0.507 e. The molecule has 3 aromatic rings. The van der Waals surface area contributed by atoms with E-state index in [0.717, 1.165) is 23.5 Å². The molecule has 0 unspecified atom stereocenters. The van der Waals surface area contributed by atoms with Crippen LogP contribution in [0.5, 0.6) is 0 Å². The summed E-state index contributed by atoms with van der Waals surface area (Å²) in [6.45, 7) is 1.73. The number of carbonyl (C=O) groups excluding carboxylic acids is 2. The van der Waals surface area contributed by atoms with Crippen molar-refractivity contribution in [3.8, 4) is 0 Å². The first-order valence-corrected chi connectivity index (χ1v) is 9.69. The zero-order valence-electron chi connectivity index (χ0n) is 15.0. The fourth-order valence-corrected chi connectivity index (χ4v) is 3.98. The van der Waals surface area contributed by atoms with Crippen LogP contribution < -0.4 is 4.90 Å². The molecule has 1 aliphatic rings. The molecule has 0 spiro atoms. The number of aryl methyl sites for hydroxylation is 1. The van der Waals surface area contributed by atoms with Crippen LogP contribution in [0.2, 0.25) is 5.02 Å². The van der Waals surface area contributed by atoms with Crippen LogP contribution in [-0.4, -0.2) is 27.0 Å². The largest absolute Gasteiger partial charge is 0.507 e. The Hall–Kier alpha value is -3.10. The average molecular weight is 430 g/mol. The van der Waals surface area contributed by atoms with Gasteiger partial charge in [-0.25, -0.2) is 4.39 Å². The highest BCUT2D eigenvalue weighted by atomic mass is 35.5. The first-order chi connectivity index (χ1) is 13.9. The van der Waals surface area contributed by atoms with Crippen LogP contribution in [0.3, 0.4) is 0 Å². The number of aliphatic hydroxyl groups excluding tert-OH is 1. The van der Waals surface area contributed by atoms with E-state index >= 15 is 0 Å². The average Bonchev–Trinajstić information content (AvgIpc) is 3.24. The Balaban J connectivity index is 1.93. The summed E-state index contributed by atoms with van der Waals surface area (Å²) in [5, 5.41) is 20.1. The van der Waals surface area contributed by atoms with Crippen LogP contribution in [-0.2, 0) is 9.59 Å². The summed E-state index contributed by atoms with van der Waals surface area (Å²) in [4.78, 5) is 26.9. The number of nitrogens with zero attached hydrogens (tertiary/aromatic N) is 3. The Labute approximate surface area is 173 Å². The van der Waals surface area contributed by atoms with E-state index in [4.69, 9.17) is 11.6 Å². The topological polar surface area (TPSA) is 83.4 Å². The number of rotatable bonds is 3. The molecule has 6 nitrogen and oxygen atoms in total. The number of carbonyl (C=O) groups is 2. The summed E-state index contributed by atoms with van der Waals surface area (Å²) in [5.74, 6) is -2.57. The molecule has 0 aliphatic carbocycles. The Bertz CT molecular complexity index is 1140. The maximum atomic E-state index is 13.3. The second-order valence-electron chi connectivity index (χ2n) is 6.33. The fourth-order valence-electron chi connectivity index (χ4n) is 3.14. The lowest BCUT2D eigenvalue weighted by Gasteiger charge is -2.22. The number of Topliss-reactive ketones (excluding diaryl/α,β-unsaturated/α-hetero) is 1. The molecule has 0 bridgehead atoms. The summed E-state index contributed by atoms with van der Waals surface area (Å²) in [6.07, 6.45) is 0. The number of halogens is 2. The van der Waals surface area contributed by atoms with E-state index < -0.39 is 29.3 Å². The zero-order chi connectivity index (χ0) is 20.7. The first kappa shape index (κ1) is 19.2. The Morgan fingerprint density at radius 3 is 2.34 bits per heavy atom. The minimum absolute atomic E-state index is 0.114. The third kappa shape index (κ3) is 3.41. The highest BCUT2D eigenvalue weighted by molar-refractivity contribution is 7.15. The number of ketones is 1. The van der Waals surface area contributed by atoms with Crippen LogP contribution in [0.1, 0.15) is 22.2 Å². The lowest BCUT2D eigenvalue weighted by Crippen LogP contribution is -2.29. The number of hydrogen-bond acceptors (Lipinski definition) is 6. The van der Waals surface area contributed by atoms with Crippen molar-refractivity contribution in [1.82, 2.24) is 10.2 Å². The van der Waals surface area contributed by atoms with Gasteiger partial charge < -0.3 is 5.11 Å². The van der Waals surface area contributed by atoms with Crippen LogP contribution in [0.25, 0.3) is 5.76 Å². The van der Waals surface area contributed by atoms with Gasteiger partial charge in [0.1, 0.15) is 16.6 Å². The predicted octanol–water partition coefficient (Wildman–Crippen LogP) is 4.27. The third-order valence-electron chi connectivity index (χ3n) is 4.47. The zero-order valence-corrected chi connectivity index (χ0v) is 16.5. The van der Waals surface area contributed by atoms with Crippen LogP contribution in [0.15, 0.2) is 54.1 Å². The van der Waals surface area contributed by atoms with E-state index in [1.54, 1.807) is 31.2 Å². The quantitative estimate of drug-likeness (QED) is 0.382. The second-order valence-corrected chi connectivity index (χ2v) is 7.93. The lowest BCUT2D eigenvalue weighted by atomic mass is 9.95. The van der Waals surface area contributed by atoms with E-state index in [-0.39, 0.29) is 16.3 Å². The van der Waals surface area contributed by atoms with Crippen LogP contribution in [0.4, 0.5) is 9.52 Å². The summed E-state index contributed by atoms with van der Waals surface area (Å²) in [6, 6.07) is 10.7. The number of aromatic nitrogens is 2. The maximum Gasteiger partial charge on any atom is 0.301 e. The Morgan fingerprint density at radius 1 is 1.10 bits per heavy atom. The molecule has 1 atom stereocenters. The Morgan fingerprint density at radius 2 is 1.76 bits per heavy atom. The summed E-state index contributed by atoms with van der Waals surface area (Å²) in [7, 11) is 0. The summed E-state index contributed by atoms with van der Waals surface area (Å²) >= 11 is 7.13. The molecule has 1 amide bonds. The van der Waals surface area contributed by atoms with Gasteiger partial charge in [0.15, 0.2) is 0 Å². The highest BCUT2D eigenvalue weighted by Crippen LogP contribution is 2.43. The van der Waals surface area contributed by atoms with Crippen molar-refractivity contribution < 1.29 is 19.1 Å². The molecular weight excluding hydrogens is 417 g/mol. The van der Waals surface area contributed by atoms with Gasteiger partial charge in [0.25, 0.3) is 5.78 Å². The van der Waals surface area contributed by atoms with Crippen molar-refractivity contribution in [2.24, 2.45) is 0 Å². The van der Waals surface area contributed by atoms with Crippen molar-refractivity contribution in [1.29, 1.82) is 0 Å². The molecule has 1 N–H and O–H groups in total. The second kappa shape index (κ2) is 7.38. The van der Waals surface area contributed by atoms with Crippen molar-refractivity contribution in [3.05, 3.63) is 81.1 Å². The molecule has 2 aromatic carbocycles. The molecule has 146 valence electrons. The SMILES string of the molecule is Cc1nnc(N2C(=O)C(=O)C(=C(O)c3ccc(F)cc3)[C@H]2c2ccc(Cl)cc2)s1. The van der Waals surface area contributed by atoms with E-state index in [9.17, 15) is 19.1 Å². The number of amides is 1. The van der Waals surface area contributed by atoms with Gasteiger partial charge in [0.2, 0.25) is 5.13 Å². The molecule has 1 aliphatic heterocycles. The molecule has 4 rings (SSSR count). The van der Waals surface area contributed by atoms with Crippen molar-refractivity contribution >= 4 is 45.5 Å². The van der Waals surface area contributed by atoms with Crippen LogP contribution in [0, 0.1) is 12.7 Å². The minimum atomic E-state index is -0.926. The van der Waals surface area contributed by atoms with E-state index in [2.05, 4.69) is 10.2 Å². The van der Waals surface area contributed by atoms with E-state index in [1.165, 1.54) is 17.0 Å². The maximum absolute atomic E-state index is 13.3. The monoisotopic (exact) mass is 429 g/mol. The summed E-state index contributed by atoms with van der Waals surface area (Å²) < 4.78 is 13.3. The van der Waals surface area contributed by atoms with Crippen molar-refractivity contribution in [2.75, 3.05) is 4.90 Å². The molecule has 0 saturated carbocycles. The summed E-state index contributed by atoms with van der Waals surface area (Å²) in [5.41, 5.74) is 0.665. The molecule has 29 heavy (non-hydrogen) atoms. The Kier molecular flexibility index (Phi) is 4.89. The first-order valence-electron chi connectivity index (χ1n) is 8.49.